The molecule has 0 fully saturated rings. The summed E-state index contributed by atoms with van der Waals surface area (Å²) in [5.74, 6) is -0.524. The van der Waals surface area contributed by atoms with E-state index < -0.39 is 5.82 Å². The Labute approximate surface area is 67.9 Å². The minimum atomic E-state index is -0.524. The summed E-state index contributed by atoms with van der Waals surface area (Å²) in [4.78, 5) is 0. The first-order valence-electron chi connectivity index (χ1n) is 2.86. The molecule has 58 valence electrons. The molecule has 1 aromatic rings. The Morgan fingerprint density at radius 2 is 2.27 bits per heavy atom. The topological polar surface area (TPSA) is 32.6 Å². The van der Waals surface area contributed by atoms with Gasteiger partial charge in [-0.2, -0.15) is 0 Å². The van der Waals surface area contributed by atoms with Gasteiger partial charge in [0.2, 0.25) is 0 Å². The summed E-state index contributed by atoms with van der Waals surface area (Å²) in [5.41, 5.74) is 0.467. The lowest BCUT2D eigenvalue weighted by atomic mass is 10.2. The highest BCUT2D eigenvalue weighted by molar-refractivity contribution is 6.30. The van der Waals surface area contributed by atoms with Gasteiger partial charge in [-0.1, -0.05) is 22.8 Å². The third-order valence-corrected chi connectivity index (χ3v) is 1.46. The van der Waals surface area contributed by atoms with Crippen molar-refractivity contribution in [2.45, 2.75) is 0 Å². The highest BCUT2D eigenvalue weighted by Crippen LogP contribution is 2.14. The summed E-state index contributed by atoms with van der Waals surface area (Å²) in [6.07, 6.45) is 1.12. The Hall–Kier alpha value is -1.09. The number of nitrogens with zero attached hydrogens (tertiary/aromatic N) is 1. The molecular formula is C7H5ClFNO. The molecule has 0 aliphatic rings. The maximum Gasteiger partial charge on any atom is 0.142 e. The van der Waals surface area contributed by atoms with Crippen LogP contribution < -0.4 is 0 Å². The molecule has 0 unspecified atom stereocenters. The van der Waals surface area contributed by atoms with Crippen LogP contribution in [-0.2, 0) is 0 Å². The predicted molar refractivity (Wildman–Crippen MR) is 40.8 cm³/mol. The van der Waals surface area contributed by atoms with E-state index in [0.29, 0.717) is 5.56 Å². The zero-order chi connectivity index (χ0) is 8.27. The summed E-state index contributed by atoms with van der Waals surface area (Å²) in [6.45, 7) is 0. The SMILES string of the molecule is O/N=C/c1ccc(Cl)c(F)c1. The van der Waals surface area contributed by atoms with E-state index in [1.165, 1.54) is 12.1 Å². The van der Waals surface area contributed by atoms with Gasteiger partial charge in [0.15, 0.2) is 0 Å². The van der Waals surface area contributed by atoms with E-state index in [0.717, 1.165) is 6.21 Å². The van der Waals surface area contributed by atoms with Gasteiger partial charge < -0.3 is 5.21 Å². The molecule has 0 atom stereocenters. The third-order valence-electron chi connectivity index (χ3n) is 1.15. The number of hydrogen-bond acceptors (Lipinski definition) is 2. The monoisotopic (exact) mass is 173 g/mol. The fourth-order valence-electron chi connectivity index (χ4n) is 0.659. The van der Waals surface area contributed by atoms with Crippen molar-refractivity contribution in [3.8, 4) is 0 Å². The minimum Gasteiger partial charge on any atom is -0.411 e. The molecule has 0 heterocycles. The molecular weight excluding hydrogens is 169 g/mol. The number of benzene rings is 1. The van der Waals surface area contributed by atoms with Crippen LogP contribution >= 0.6 is 11.6 Å². The Morgan fingerprint density at radius 1 is 1.55 bits per heavy atom. The molecule has 1 N–H and O–H groups in total. The van der Waals surface area contributed by atoms with Crippen LogP contribution in [-0.4, -0.2) is 11.4 Å². The maximum absolute atomic E-state index is 12.6. The van der Waals surface area contributed by atoms with Gasteiger partial charge in [-0.25, -0.2) is 4.39 Å². The summed E-state index contributed by atoms with van der Waals surface area (Å²) in [5, 5.41) is 10.9. The van der Waals surface area contributed by atoms with Gasteiger partial charge in [0.05, 0.1) is 11.2 Å². The first kappa shape index (κ1) is 8.01. The number of oxime groups is 1. The molecule has 4 heteroatoms. The van der Waals surface area contributed by atoms with Gasteiger partial charge in [0.25, 0.3) is 0 Å². The third kappa shape index (κ3) is 1.91. The largest absolute Gasteiger partial charge is 0.411 e. The molecule has 0 aliphatic heterocycles. The van der Waals surface area contributed by atoms with Gasteiger partial charge in [-0.05, 0) is 17.7 Å². The molecule has 1 aromatic carbocycles. The molecule has 0 saturated heterocycles. The second-order valence-electron chi connectivity index (χ2n) is 1.92. The lowest BCUT2D eigenvalue weighted by molar-refractivity contribution is 0.322. The van der Waals surface area contributed by atoms with E-state index >= 15 is 0 Å². The van der Waals surface area contributed by atoms with Crippen molar-refractivity contribution in [1.29, 1.82) is 0 Å². The summed E-state index contributed by atoms with van der Waals surface area (Å²) >= 11 is 5.40. The lowest BCUT2D eigenvalue weighted by Crippen LogP contribution is -1.83. The zero-order valence-electron chi connectivity index (χ0n) is 5.46. The Bertz CT molecular complexity index is 288. The molecule has 1 rings (SSSR count). The minimum absolute atomic E-state index is 0.0556. The number of halogens is 2. The first-order valence-corrected chi connectivity index (χ1v) is 3.24. The normalized spacial score (nSPS) is 10.7. The van der Waals surface area contributed by atoms with Crippen LogP contribution in [0, 0.1) is 5.82 Å². The Kier molecular flexibility index (Phi) is 2.44. The molecule has 0 spiro atoms. The lowest BCUT2D eigenvalue weighted by Gasteiger charge is -1.93. The number of rotatable bonds is 1. The molecule has 2 nitrogen and oxygen atoms in total. The first-order chi connectivity index (χ1) is 5.24. The van der Waals surface area contributed by atoms with E-state index in [-0.39, 0.29) is 5.02 Å². The average Bonchev–Trinajstić information content (AvgIpc) is 1.98. The van der Waals surface area contributed by atoms with Crippen LogP contribution in [0.1, 0.15) is 5.56 Å². The maximum atomic E-state index is 12.6. The average molecular weight is 174 g/mol. The van der Waals surface area contributed by atoms with Crippen LogP contribution in [0.2, 0.25) is 5.02 Å². The van der Waals surface area contributed by atoms with Crippen molar-refractivity contribution in [2.75, 3.05) is 0 Å². The van der Waals surface area contributed by atoms with E-state index in [1.54, 1.807) is 6.07 Å². The highest BCUT2D eigenvalue weighted by atomic mass is 35.5. The fraction of sp³-hybridized carbons (Fsp3) is 0. The Morgan fingerprint density at radius 3 is 2.82 bits per heavy atom. The molecule has 0 aliphatic carbocycles. The Balaban J connectivity index is 3.05. The second-order valence-corrected chi connectivity index (χ2v) is 2.33. The van der Waals surface area contributed by atoms with Crippen molar-refractivity contribution in [1.82, 2.24) is 0 Å². The van der Waals surface area contributed by atoms with Gasteiger partial charge in [0.1, 0.15) is 5.82 Å². The van der Waals surface area contributed by atoms with Crippen molar-refractivity contribution < 1.29 is 9.60 Å². The summed E-state index contributed by atoms with van der Waals surface area (Å²) in [6, 6.07) is 4.13. The fourth-order valence-corrected chi connectivity index (χ4v) is 0.777. The zero-order valence-corrected chi connectivity index (χ0v) is 6.22. The molecule has 11 heavy (non-hydrogen) atoms. The molecule has 0 aromatic heterocycles. The van der Waals surface area contributed by atoms with Crippen molar-refractivity contribution >= 4 is 17.8 Å². The molecule has 0 radical (unpaired) electrons. The number of hydrogen-bond donors (Lipinski definition) is 1. The van der Waals surface area contributed by atoms with Gasteiger partial charge >= 0.3 is 0 Å². The molecule has 0 saturated carbocycles. The highest BCUT2D eigenvalue weighted by Gasteiger charge is 1.98. The van der Waals surface area contributed by atoms with Gasteiger partial charge in [-0.3, -0.25) is 0 Å². The van der Waals surface area contributed by atoms with E-state index in [4.69, 9.17) is 16.8 Å². The summed E-state index contributed by atoms with van der Waals surface area (Å²) in [7, 11) is 0. The van der Waals surface area contributed by atoms with Crippen molar-refractivity contribution in [2.24, 2.45) is 5.16 Å². The molecule has 0 amide bonds. The van der Waals surface area contributed by atoms with Gasteiger partial charge in [0, 0.05) is 0 Å². The van der Waals surface area contributed by atoms with Crippen molar-refractivity contribution in [3.05, 3.63) is 34.6 Å². The standard InChI is InChI=1S/C7H5ClFNO/c8-6-2-1-5(4-10-11)3-7(6)9/h1-4,11H/b10-4+. The van der Waals surface area contributed by atoms with E-state index in [2.05, 4.69) is 5.16 Å². The summed E-state index contributed by atoms with van der Waals surface area (Å²) < 4.78 is 12.6. The molecule has 0 bridgehead atoms. The predicted octanol–water partition coefficient (Wildman–Crippen LogP) is 2.29. The van der Waals surface area contributed by atoms with E-state index in [1.807, 2.05) is 0 Å². The smallest absolute Gasteiger partial charge is 0.142 e. The van der Waals surface area contributed by atoms with Crippen LogP contribution in [0.15, 0.2) is 23.4 Å². The van der Waals surface area contributed by atoms with Crippen LogP contribution in [0.3, 0.4) is 0 Å². The van der Waals surface area contributed by atoms with Crippen LogP contribution in [0.4, 0.5) is 4.39 Å². The van der Waals surface area contributed by atoms with Crippen molar-refractivity contribution in [3.63, 3.8) is 0 Å². The van der Waals surface area contributed by atoms with Crippen LogP contribution in [0.25, 0.3) is 0 Å². The van der Waals surface area contributed by atoms with Crippen LogP contribution in [0.5, 0.6) is 0 Å². The second kappa shape index (κ2) is 3.34. The quantitative estimate of drug-likeness (QED) is 0.395. The van der Waals surface area contributed by atoms with Gasteiger partial charge in [-0.15, -0.1) is 0 Å². The van der Waals surface area contributed by atoms with E-state index in [9.17, 15) is 4.39 Å².